The highest BCUT2D eigenvalue weighted by Gasteiger charge is 2.28. The summed E-state index contributed by atoms with van der Waals surface area (Å²) >= 11 is 0. The van der Waals surface area contributed by atoms with Crippen molar-refractivity contribution in [2.45, 2.75) is 26.3 Å². The number of benzene rings is 2. The number of carbonyl (C=O) groups is 3. The summed E-state index contributed by atoms with van der Waals surface area (Å²) in [6, 6.07) is 11.0. The standard InChI is InChI=1S/C19H17N3O5/c1-12-15(3-2-4-16(12)22(26)27)20-19(25)14-7-5-13(6-8-14)11-21-17(23)9-10-18(21)24/h2-8H,9-11H2,1H3,(H,20,25). The van der Waals surface area contributed by atoms with Crippen LogP contribution in [0.5, 0.6) is 0 Å². The van der Waals surface area contributed by atoms with Gasteiger partial charge in [-0.25, -0.2) is 0 Å². The monoisotopic (exact) mass is 367 g/mol. The van der Waals surface area contributed by atoms with Gasteiger partial charge in [-0.15, -0.1) is 0 Å². The molecule has 1 aliphatic rings. The molecule has 3 amide bonds. The third kappa shape index (κ3) is 3.84. The number of nitro benzene ring substituents is 1. The SMILES string of the molecule is Cc1c(NC(=O)c2ccc(CN3C(=O)CCC3=O)cc2)cccc1[N+](=O)[O-]. The smallest absolute Gasteiger partial charge is 0.274 e. The Morgan fingerprint density at radius 2 is 1.74 bits per heavy atom. The number of hydrogen-bond donors (Lipinski definition) is 1. The first-order valence-corrected chi connectivity index (χ1v) is 8.34. The van der Waals surface area contributed by atoms with Crippen molar-refractivity contribution in [3.05, 3.63) is 69.3 Å². The molecule has 0 atom stereocenters. The van der Waals surface area contributed by atoms with Gasteiger partial charge in [0, 0.05) is 24.5 Å². The van der Waals surface area contributed by atoms with E-state index in [4.69, 9.17) is 0 Å². The van der Waals surface area contributed by atoms with Gasteiger partial charge >= 0.3 is 0 Å². The van der Waals surface area contributed by atoms with E-state index in [0.717, 1.165) is 5.56 Å². The van der Waals surface area contributed by atoms with Crippen molar-refractivity contribution in [1.29, 1.82) is 0 Å². The second-order valence-corrected chi connectivity index (χ2v) is 6.23. The minimum atomic E-state index is -0.499. The molecule has 0 aliphatic carbocycles. The molecule has 8 nitrogen and oxygen atoms in total. The highest BCUT2D eigenvalue weighted by Crippen LogP contribution is 2.25. The zero-order chi connectivity index (χ0) is 19.6. The van der Waals surface area contributed by atoms with Crippen LogP contribution < -0.4 is 5.32 Å². The van der Waals surface area contributed by atoms with Crippen LogP contribution >= 0.6 is 0 Å². The third-order valence-corrected chi connectivity index (χ3v) is 4.46. The van der Waals surface area contributed by atoms with Crippen molar-refractivity contribution in [1.82, 2.24) is 4.90 Å². The summed E-state index contributed by atoms with van der Waals surface area (Å²) in [5.41, 5.74) is 1.78. The molecule has 0 radical (unpaired) electrons. The zero-order valence-electron chi connectivity index (χ0n) is 14.6. The molecule has 0 spiro atoms. The molecule has 0 unspecified atom stereocenters. The largest absolute Gasteiger partial charge is 0.321 e. The van der Waals surface area contributed by atoms with Crippen molar-refractivity contribution in [3.63, 3.8) is 0 Å². The van der Waals surface area contributed by atoms with E-state index in [2.05, 4.69) is 5.32 Å². The number of nitro groups is 1. The normalized spacial score (nSPS) is 13.7. The van der Waals surface area contributed by atoms with Gasteiger partial charge in [-0.1, -0.05) is 18.2 Å². The number of nitrogens with zero attached hydrogens (tertiary/aromatic N) is 2. The molecule has 0 aromatic heterocycles. The number of anilines is 1. The number of hydrogen-bond acceptors (Lipinski definition) is 5. The number of nitrogens with one attached hydrogen (secondary N) is 1. The molecule has 1 saturated heterocycles. The summed E-state index contributed by atoms with van der Waals surface area (Å²) in [5, 5.41) is 13.7. The van der Waals surface area contributed by atoms with E-state index in [0.29, 0.717) is 16.8 Å². The fourth-order valence-corrected chi connectivity index (χ4v) is 2.89. The topological polar surface area (TPSA) is 110 Å². The molecule has 1 fully saturated rings. The van der Waals surface area contributed by atoms with Crippen molar-refractivity contribution in [2.75, 3.05) is 5.32 Å². The van der Waals surface area contributed by atoms with Gasteiger partial charge in [0.1, 0.15) is 0 Å². The Labute approximate surface area is 154 Å². The number of likely N-dealkylation sites (tertiary alicyclic amines) is 1. The summed E-state index contributed by atoms with van der Waals surface area (Å²) in [6.07, 6.45) is 0.476. The quantitative estimate of drug-likeness (QED) is 0.496. The summed E-state index contributed by atoms with van der Waals surface area (Å²) in [5.74, 6) is -0.788. The summed E-state index contributed by atoms with van der Waals surface area (Å²) in [4.78, 5) is 47.5. The first kappa shape index (κ1) is 18.2. The first-order valence-electron chi connectivity index (χ1n) is 8.34. The molecule has 1 heterocycles. The number of carbonyl (C=O) groups excluding carboxylic acids is 3. The molecular weight excluding hydrogens is 350 g/mol. The van der Waals surface area contributed by atoms with Crippen LogP contribution in [-0.2, 0) is 16.1 Å². The molecule has 2 aromatic rings. The lowest BCUT2D eigenvalue weighted by Crippen LogP contribution is -2.28. The van der Waals surface area contributed by atoms with Gasteiger partial charge in [0.2, 0.25) is 11.8 Å². The van der Waals surface area contributed by atoms with E-state index in [1.165, 1.54) is 17.0 Å². The van der Waals surface area contributed by atoms with Gasteiger partial charge in [-0.3, -0.25) is 29.4 Å². The Hall–Kier alpha value is -3.55. The van der Waals surface area contributed by atoms with Crippen molar-refractivity contribution in [2.24, 2.45) is 0 Å². The Kier molecular flexibility index (Phi) is 4.98. The van der Waals surface area contributed by atoms with Crippen LogP contribution in [0.1, 0.15) is 34.3 Å². The minimum Gasteiger partial charge on any atom is -0.321 e. The van der Waals surface area contributed by atoms with Gasteiger partial charge in [0.15, 0.2) is 0 Å². The second-order valence-electron chi connectivity index (χ2n) is 6.23. The highest BCUT2D eigenvalue weighted by molar-refractivity contribution is 6.05. The predicted molar refractivity (Wildman–Crippen MR) is 97.0 cm³/mol. The van der Waals surface area contributed by atoms with Crippen LogP contribution in [0, 0.1) is 17.0 Å². The van der Waals surface area contributed by atoms with E-state index in [9.17, 15) is 24.5 Å². The Bertz CT molecular complexity index is 921. The lowest BCUT2D eigenvalue weighted by atomic mass is 10.1. The van der Waals surface area contributed by atoms with E-state index >= 15 is 0 Å². The van der Waals surface area contributed by atoms with Crippen molar-refractivity contribution >= 4 is 29.1 Å². The summed E-state index contributed by atoms with van der Waals surface area (Å²) < 4.78 is 0. The Morgan fingerprint density at radius 1 is 1.11 bits per heavy atom. The van der Waals surface area contributed by atoms with Crippen LogP contribution in [-0.4, -0.2) is 27.5 Å². The summed E-state index contributed by atoms with van der Waals surface area (Å²) in [6.45, 7) is 1.75. The average molecular weight is 367 g/mol. The van der Waals surface area contributed by atoms with Crippen molar-refractivity contribution < 1.29 is 19.3 Å². The van der Waals surface area contributed by atoms with E-state index in [1.807, 2.05) is 0 Å². The van der Waals surface area contributed by atoms with Gasteiger partial charge in [0.25, 0.3) is 11.6 Å². The second kappa shape index (κ2) is 7.36. The highest BCUT2D eigenvalue weighted by atomic mass is 16.6. The molecule has 0 saturated carbocycles. The third-order valence-electron chi connectivity index (χ3n) is 4.46. The van der Waals surface area contributed by atoms with Crippen LogP contribution in [0.2, 0.25) is 0 Å². The molecule has 138 valence electrons. The number of rotatable bonds is 5. The minimum absolute atomic E-state index is 0.0666. The average Bonchev–Trinajstić information content (AvgIpc) is 2.95. The molecule has 1 N–H and O–H groups in total. The predicted octanol–water partition coefficient (Wildman–Crippen LogP) is 2.80. The molecule has 2 aromatic carbocycles. The maximum atomic E-state index is 12.4. The van der Waals surface area contributed by atoms with Gasteiger partial charge in [-0.2, -0.15) is 0 Å². The van der Waals surface area contributed by atoms with Crippen molar-refractivity contribution in [3.8, 4) is 0 Å². The lowest BCUT2D eigenvalue weighted by Gasteiger charge is -2.14. The number of amides is 3. The first-order chi connectivity index (χ1) is 12.9. The van der Waals surface area contributed by atoms with Crippen LogP contribution in [0.3, 0.4) is 0 Å². The Balaban J connectivity index is 1.71. The van der Waals surface area contributed by atoms with Gasteiger partial charge < -0.3 is 5.32 Å². The molecule has 8 heteroatoms. The maximum absolute atomic E-state index is 12.4. The fraction of sp³-hybridized carbons (Fsp3) is 0.211. The van der Waals surface area contributed by atoms with Gasteiger partial charge in [-0.05, 0) is 30.7 Å². The van der Waals surface area contributed by atoms with Gasteiger partial charge in [0.05, 0.1) is 22.7 Å². The fourth-order valence-electron chi connectivity index (χ4n) is 2.89. The van der Waals surface area contributed by atoms with E-state index in [-0.39, 0.29) is 36.9 Å². The van der Waals surface area contributed by atoms with Crippen LogP contribution in [0.4, 0.5) is 11.4 Å². The van der Waals surface area contributed by atoms with Crippen LogP contribution in [0.15, 0.2) is 42.5 Å². The molecular formula is C19H17N3O5. The molecule has 3 rings (SSSR count). The molecule has 0 bridgehead atoms. The lowest BCUT2D eigenvalue weighted by molar-refractivity contribution is -0.385. The summed E-state index contributed by atoms with van der Waals surface area (Å²) in [7, 11) is 0. The molecule has 1 aliphatic heterocycles. The van der Waals surface area contributed by atoms with E-state index in [1.54, 1.807) is 37.3 Å². The Morgan fingerprint density at radius 3 is 2.33 bits per heavy atom. The van der Waals surface area contributed by atoms with E-state index < -0.39 is 10.8 Å². The van der Waals surface area contributed by atoms with Crippen LogP contribution in [0.25, 0.3) is 0 Å². The number of imide groups is 1. The molecule has 27 heavy (non-hydrogen) atoms. The zero-order valence-corrected chi connectivity index (χ0v) is 14.6. The maximum Gasteiger partial charge on any atom is 0.274 e.